The van der Waals surface area contributed by atoms with Gasteiger partial charge in [-0.15, -0.1) is 0 Å². The lowest BCUT2D eigenvalue weighted by molar-refractivity contribution is 0.669. The Labute approximate surface area is 350 Å². The summed E-state index contributed by atoms with van der Waals surface area (Å²) < 4.78 is 8.49. The first-order valence-electron chi connectivity index (χ1n) is 20.6. The third-order valence-electron chi connectivity index (χ3n) is 12.3. The molecule has 13 rings (SSSR count). The van der Waals surface area contributed by atoms with Crippen molar-refractivity contribution in [2.45, 2.75) is 0 Å². The third kappa shape index (κ3) is 5.21. The third-order valence-corrected chi connectivity index (χ3v) is 12.3. The Morgan fingerprint density at radius 1 is 0.377 bits per heavy atom. The molecule has 0 aliphatic carbocycles. The maximum atomic E-state index is 6.24. The maximum absolute atomic E-state index is 6.24. The van der Waals surface area contributed by atoms with Gasteiger partial charge in [-0.3, -0.25) is 4.57 Å². The van der Waals surface area contributed by atoms with Crippen LogP contribution in [0.15, 0.2) is 211 Å². The predicted octanol–water partition coefficient (Wildman–Crippen LogP) is 15.2. The fraction of sp³-hybridized carbons (Fsp3) is 0. The Morgan fingerprint density at radius 3 is 1.95 bits per heavy atom. The molecule has 61 heavy (non-hydrogen) atoms. The first kappa shape index (κ1) is 33.7. The lowest BCUT2D eigenvalue weighted by atomic mass is 9.99. The van der Waals surface area contributed by atoms with E-state index in [1.165, 1.54) is 26.9 Å². The molecule has 0 unspecified atom stereocenters. The standard InChI is InChI=1S/C56H34N4O/c1-2-15-40(16-3-1)59(41-26-22-35-12-4-5-14-37(35)33-41)42-27-30-49-47(34-42)53-43-17-7-6-13-36(43)24-29-50(53)60(49)56-57-48-20-10-8-18-45(48)55(58-56)39-23-28-44-38(32-39)25-31-52-54(44)46-19-9-11-21-51(46)61-52/h1-34H. The van der Waals surface area contributed by atoms with Gasteiger partial charge in [0.1, 0.15) is 11.2 Å². The number of rotatable bonds is 5. The molecule has 0 saturated carbocycles. The van der Waals surface area contributed by atoms with Gasteiger partial charge in [0.15, 0.2) is 0 Å². The van der Waals surface area contributed by atoms with Crippen LogP contribution in [-0.2, 0) is 0 Å². The SMILES string of the molecule is c1ccc(N(c2ccc3ccccc3c2)c2ccc3c(c2)c2c4ccccc4ccc2n3-c2nc(-c3ccc4c(ccc5oc6ccccc6c54)c3)c3ccccc3n2)cc1. The molecule has 0 aliphatic heterocycles. The maximum Gasteiger partial charge on any atom is 0.235 e. The van der Waals surface area contributed by atoms with Gasteiger partial charge in [0.2, 0.25) is 5.95 Å². The molecule has 5 heteroatoms. The topological polar surface area (TPSA) is 47.1 Å². The lowest BCUT2D eigenvalue weighted by Gasteiger charge is -2.26. The molecule has 0 saturated heterocycles. The average Bonchev–Trinajstić information content (AvgIpc) is 3.87. The van der Waals surface area contributed by atoms with Crippen LogP contribution in [0.4, 0.5) is 17.1 Å². The van der Waals surface area contributed by atoms with E-state index in [1.807, 2.05) is 12.1 Å². The van der Waals surface area contributed by atoms with E-state index in [0.717, 1.165) is 88.4 Å². The first-order valence-corrected chi connectivity index (χ1v) is 20.6. The molecule has 284 valence electrons. The van der Waals surface area contributed by atoms with Crippen LogP contribution in [-0.4, -0.2) is 14.5 Å². The van der Waals surface area contributed by atoms with Crippen molar-refractivity contribution in [3.05, 3.63) is 206 Å². The number of benzene rings is 10. The minimum absolute atomic E-state index is 0.627. The van der Waals surface area contributed by atoms with Gasteiger partial charge in [-0.2, -0.15) is 0 Å². The highest BCUT2D eigenvalue weighted by Crippen LogP contribution is 2.43. The number of hydrogen-bond acceptors (Lipinski definition) is 4. The molecule has 0 amide bonds. The van der Waals surface area contributed by atoms with Gasteiger partial charge in [-0.25, -0.2) is 9.97 Å². The van der Waals surface area contributed by atoms with Crippen molar-refractivity contribution in [3.63, 3.8) is 0 Å². The molecular formula is C56H34N4O. The molecule has 5 nitrogen and oxygen atoms in total. The van der Waals surface area contributed by atoms with Crippen molar-refractivity contribution in [1.29, 1.82) is 0 Å². The summed E-state index contributed by atoms with van der Waals surface area (Å²) in [5.74, 6) is 0.627. The molecule has 0 aliphatic rings. The molecule has 3 aromatic heterocycles. The molecule has 0 bridgehead atoms. The van der Waals surface area contributed by atoms with Crippen LogP contribution in [0.3, 0.4) is 0 Å². The number of fused-ring (bicyclic) bond motifs is 12. The van der Waals surface area contributed by atoms with Crippen LogP contribution in [0, 0.1) is 0 Å². The smallest absolute Gasteiger partial charge is 0.235 e. The van der Waals surface area contributed by atoms with E-state index in [1.54, 1.807) is 0 Å². The van der Waals surface area contributed by atoms with E-state index in [0.29, 0.717) is 5.95 Å². The summed E-state index contributed by atoms with van der Waals surface area (Å²) in [5.41, 5.74) is 9.93. The van der Waals surface area contributed by atoms with Crippen molar-refractivity contribution in [1.82, 2.24) is 14.5 Å². The van der Waals surface area contributed by atoms with E-state index in [-0.39, 0.29) is 0 Å². The highest BCUT2D eigenvalue weighted by atomic mass is 16.3. The Morgan fingerprint density at radius 2 is 1.05 bits per heavy atom. The minimum Gasteiger partial charge on any atom is -0.456 e. The van der Waals surface area contributed by atoms with E-state index in [4.69, 9.17) is 14.4 Å². The minimum atomic E-state index is 0.627. The van der Waals surface area contributed by atoms with Gasteiger partial charge < -0.3 is 9.32 Å². The summed E-state index contributed by atoms with van der Waals surface area (Å²) in [6.07, 6.45) is 0. The van der Waals surface area contributed by atoms with E-state index in [2.05, 4.69) is 204 Å². The number of nitrogens with zero attached hydrogens (tertiary/aromatic N) is 4. The van der Waals surface area contributed by atoms with Crippen molar-refractivity contribution in [3.8, 4) is 17.2 Å². The van der Waals surface area contributed by atoms with Gasteiger partial charge in [0.05, 0.1) is 22.2 Å². The van der Waals surface area contributed by atoms with Crippen LogP contribution >= 0.6 is 0 Å². The summed E-state index contributed by atoms with van der Waals surface area (Å²) >= 11 is 0. The summed E-state index contributed by atoms with van der Waals surface area (Å²) in [6, 6.07) is 73.3. The molecule has 3 heterocycles. The molecule has 0 spiro atoms. The van der Waals surface area contributed by atoms with Gasteiger partial charge in [0.25, 0.3) is 0 Å². The fourth-order valence-electron chi connectivity index (χ4n) is 9.56. The van der Waals surface area contributed by atoms with Crippen molar-refractivity contribution in [2.24, 2.45) is 0 Å². The number of aromatic nitrogens is 3. The van der Waals surface area contributed by atoms with Crippen molar-refractivity contribution < 1.29 is 4.42 Å². The molecule has 10 aromatic carbocycles. The first-order chi connectivity index (χ1) is 30.2. The fourth-order valence-corrected chi connectivity index (χ4v) is 9.56. The highest BCUT2D eigenvalue weighted by molar-refractivity contribution is 6.22. The summed E-state index contributed by atoms with van der Waals surface area (Å²) in [6.45, 7) is 0. The number of furan rings is 1. The molecule has 0 atom stereocenters. The lowest BCUT2D eigenvalue weighted by Crippen LogP contribution is -2.10. The number of hydrogen-bond donors (Lipinski definition) is 0. The molecule has 0 radical (unpaired) electrons. The van der Waals surface area contributed by atoms with E-state index < -0.39 is 0 Å². The second-order valence-corrected chi connectivity index (χ2v) is 15.8. The average molecular weight is 779 g/mol. The van der Waals surface area contributed by atoms with Gasteiger partial charge in [0, 0.05) is 49.6 Å². The van der Waals surface area contributed by atoms with Crippen LogP contribution in [0.1, 0.15) is 0 Å². The van der Waals surface area contributed by atoms with Crippen LogP contribution in [0.25, 0.3) is 104 Å². The second kappa shape index (κ2) is 13.1. The zero-order chi connectivity index (χ0) is 40.0. The van der Waals surface area contributed by atoms with Gasteiger partial charge >= 0.3 is 0 Å². The zero-order valence-electron chi connectivity index (χ0n) is 32.8. The summed E-state index contributed by atoms with van der Waals surface area (Å²) in [7, 11) is 0. The number of anilines is 3. The Bertz CT molecular complexity index is 3900. The predicted molar refractivity (Wildman–Crippen MR) is 254 cm³/mol. The van der Waals surface area contributed by atoms with Crippen LogP contribution in [0.5, 0.6) is 0 Å². The van der Waals surface area contributed by atoms with Gasteiger partial charge in [-0.1, -0.05) is 133 Å². The van der Waals surface area contributed by atoms with Crippen LogP contribution in [0.2, 0.25) is 0 Å². The van der Waals surface area contributed by atoms with Crippen LogP contribution < -0.4 is 4.90 Å². The molecule has 0 N–H and O–H groups in total. The van der Waals surface area contributed by atoms with Gasteiger partial charge in [-0.05, 0) is 105 Å². The molecular weight excluding hydrogens is 745 g/mol. The Balaban J connectivity index is 1.05. The highest BCUT2D eigenvalue weighted by Gasteiger charge is 2.22. The van der Waals surface area contributed by atoms with E-state index >= 15 is 0 Å². The normalized spacial score (nSPS) is 11.9. The quantitative estimate of drug-likeness (QED) is 0.175. The van der Waals surface area contributed by atoms with Crippen molar-refractivity contribution in [2.75, 3.05) is 4.90 Å². The molecule has 0 fully saturated rings. The number of para-hydroxylation sites is 3. The zero-order valence-corrected chi connectivity index (χ0v) is 32.8. The molecule has 13 aromatic rings. The Kier molecular flexibility index (Phi) is 7.24. The summed E-state index contributed by atoms with van der Waals surface area (Å²) in [4.78, 5) is 13.2. The largest absolute Gasteiger partial charge is 0.456 e. The summed E-state index contributed by atoms with van der Waals surface area (Å²) in [5, 5.41) is 12.6. The monoisotopic (exact) mass is 778 g/mol. The Hall–Kier alpha value is -8.28. The van der Waals surface area contributed by atoms with E-state index in [9.17, 15) is 0 Å². The van der Waals surface area contributed by atoms with Crippen molar-refractivity contribution >= 4 is 104 Å². The second-order valence-electron chi connectivity index (χ2n) is 15.8.